The van der Waals surface area contributed by atoms with Gasteiger partial charge in [0, 0.05) is 43.0 Å². The Morgan fingerprint density at radius 3 is 2.35 bits per heavy atom. The molecule has 31 heavy (non-hydrogen) atoms. The van der Waals surface area contributed by atoms with Crippen LogP contribution in [-0.4, -0.2) is 51.7 Å². The molecule has 2 N–H and O–H groups in total. The summed E-state index contributed by atoms with van der Waals surface area (Å²) in [6, 6.07) is 2.56. The molecule has 3 amide bonds. The van der Waals surface area contributed by atoms with Crippen molar-refractivity contribution in [2.75, 3.05) is 18.4 Å². The summed E-state index contributed by atoms with van der Waals surface area (Å²) in [6.07, 6.45) is 3.81. The van der Waals surface area contributed by atoms with Gasteiger partial charge in [0.15, 0.2) is 23.1 Å². The number of carbonyl (C=O) groups excluding carboxylic acids is 3. The highest BCUT2D eigenvalue weighted by molar-refractivity contribution is 6.07. The molecular weight excluding hydrogens is 408 g/mol. The molecule has 8 nitrogen and oxygen atoms in total. The van der Waals surface area contributed by atoms with Gasteiger partial charge >= 0.3 is 0 Å². The standard InChI is InChI=1S/C21H23F2N5O3/c1-12(2)21(31)28-9-5-14(6-10-28)26-20(30)17-18(25-8-7-24-17)27-19(29)13-3-4-15(22)16(23)11-13/h3-4,7-8,11-12,14H,5-6,9-10H2,1-2H3,(H,26,30)(H,25,27,29). The molecule has 0 saturated carbocycles. The zero-order valence-corrected chi connectivity index (χ0v) is 17.2. The first-order valence-corrected chi connectivity index (χ1v) is 9.93. The Morgan fingerprint density at radius 1 is 1.03 bits per heavy atom. The average Bonchev–Trinajstić information content (AvgIpc) is 2.75. The van der Waals surface area contributed by atoms with Gasteiger partial charge in [0.2, 0.25) is 5.91 Å². The molecule has 0 aliphatic carbocycles. The number of piperidine rings is 1. The minimum atomic E-state index is -1.16. The first-order valence-electron chi connectivity index (χ1n) is 9.93. The van der Waals surface area contributed by atoms with E-state index in [0.717, 1.165) is 18.2 Å². The maximum atomic E-state index is 13.4. The zero-order chi connectivity index (χ0) is 22.5. The minimum absolute atomic E-state index is 0.0773. The van der Waals surface area contributed by atoms with Crippen molar-refractivity contribution in [1.29, 1.82) is 0 Å². The smallest absolute Gasteiger partial charge is 0.273 e. The molecule has 3 rings (SSSR count). The molecule has 0 atom stereocenters. The van der Waals surface area contributed by atoms with Gasteiger partial charge in [0.05, 0.1) is 0 Å². The van der Waals surface area contributed by atoms with Gasteiger partial charge < -0.3 is 15.5 Å². The molecule has 1 aromatic heterocycles. The van der Waals surface area contributed by atoms with Gasteiger partial charge in [0.25, 0.3) is 11.8 Å². The van der Waals surface area contributed by atoms with E-state index in [1.807, 2.05) is 13.8 Å². The van der Waals surface area contributed by atoms with Gasteiger partial charge in [0.1, 0.15) is 0 Å². The molecule has 1 aliphatic rings. The van der Waals surface area contributed by atoms with Crippen LogP contribution in [0.25, 0.3) is 0 Å². The molecule has 1 saturated heterocycles. The maximum Gasteiger partial charge on any atom is 0.273 e. The lowest BCUT2D eigenvalue weighted by Crippen LogP contribution is -2.47. The van der Waals surface area contributed by atoms with E-state index in [9.17, 15) is 23.2 Å². The third-order valence-electron chi connectivity index (χ3n) is 4.96. The Labute approximate surface area is 178 Å². The Morgan fingerprint density at radius 2 is 1.71 bits per heavy atom. The Kier molecular flexibility index (Phi) is 6.88. The number of nitrogens with zero attached hydrogens (tertiary/aromatic N) is 3. The van der Waals surface area contributed by atoms with Crippen molar-refractivity contribution in [3.05, 3.63) is 53.5 Å². The summed E-state index contributed by atoms with van der Waals surface area (Å²) in [7, 11) is 0. The van der Waals surface area contributed by atoms with Crippen LogP contribution in [0, 0.1) is 17.6 Å². The maximum absolute atomic E-state index is 13.4. The van der Waals surface area contributed by atoms with Crippen molar-refractivity contribution in [2.45, 2.75) is 32.7 Å². The van der Waals surface area contributed by atoms with E-state index < -0.39 is 23.4 Å². The summed E-state index contributed by atoms with van der Waals surface area (Å²) >= 11 is 0. The van der Waals surface area contributed by atoms with Crippen LogP contribution < -0.4 is 10.6 Å². The number of carbonyl (C=O) groups is 3. The summed E-state index contributed by atoms with van der Waals surface area (Å²) < 4.78 is 26.5. The molecule has 0 radical (unpaired) electrons. The van der Waals surface area contributed by atoms with Crippen LogP contribution in [0.4, 0.5) is 14.6 Å². The van der Waals surface area contributed by atoms with E-state index in [1.165, 1.54) is 12.4 Å². The van der Waals surface area contributed by atoms with Crippen LogP contribution in [0.3, 0.4) is 0 Å². The van der Waals surface area contributed by atoms with Gasteiger partial charge in [-0.05, 0) is 31.0 Å². The number of rotatable bonds is 5. The number of hydrogen-bond donors (Lipinski definition) is 2. The van der Waals surface area contributed by atoms with Crippen molar-refractivity contribution in [1.82, 2.24) is 20.2 Å². The highest BCUT2D eigenvalue weighted by Crippen LogP contribution is 2.16. The molecular formula is C21H23F2N5O3. The van der Waals surface area contributed by atoms with Gasteiger partial charge in [-0.3, -0.25) is 14.4 Å². The van der Waals surface area contributed by atoms with Crippen LogP contribution in [0.1, 0.15) is 47.5 Å². The molecule has 1 fully saturated rings. The summed E-state index contributed by atoms with van der Waals surface area (Å²) in [6.45, 7) is 4.78. The fraction of sp³-hybridized carbons (Fsp3) is 0.381. The molecule has 1 aliphatic heterocycles. The SMILES string of the molecule is CC(C)C(=O)N1CCC(NC(=O)c2nccnc2NC(=O)c2ccc(F)c(F)c2)CC1. The predicted octanol–water partition coefficient (Wildman–Crippen LogP) is 2.38. The predicted molar refractivity (Wildman–Crippen MR) is 108 cm³/mol. The highest BCUT2D eigenvalue weighted by Gasteiger charge is 2.26. The number of hydrogen-bond acceptors (Lipinski definition) is 5. The summed E-state index contributed by atoms with van der Waals surface area (Å²) in [4.78, 5) is 46.9. The summed E-state index contributed by atoms with van der Waals surface area (Å²) in [5, 5.41) is 5.26. The molecule has 0 bridgehead atoms. The van der Waals surface area contributed by atoms with Crippen LogP contribution in [-0.2, 0) is 4.79 Å². The van der Waals surface area contributed by atoms with E-state index in [1.54, 1.807) is 4.90 Å². The quantitative estimate of drug-likeness (QED) is 0.757. The number of anilines is 1. The third-order valence-corrected chi connectivity index (χ3v) is 4.96. The number of aromatic nitrogens is 2. The van der Waals surface area contributed by atoms with Gasteiger partial charge in [-0.15, -0.1) is 0 Å². The van der Waals surface area contributed by atoms with E-state index in [-0.39, 0.29) is 34.9 Å². The number of nitrogens with one attached hydrogen (secondary N) is 2. The van der Waals surface area contributed by atoms with Crippen LogP contribution >= 0.6 is 0 Å². The Bertz CT molecular complexity index is 991. The number of halogens is 2. The Hall–Kier alpha value is -3.43. The minimum Gasteiger partial charge on any atom is -0.348 e. The van der Waals surface area contributed by atoms with Crippen molar-refractivity contribution < 1.29 is 23.2 Å². The fourth-order valence-corrected chi connectivity index (χ4v) is 3.28. The normalized spacial score (nSPS) is 14.4. The molecule has 10 heteroatoms. The van der Waals surface area contributed by atoms with Crippen LogP contribution in [0.5, 0.6) is 0 Å². The molecule has 2 heterocycles. The fourth-order valence-electron chi connectivity index (χ4n) is 3.28. The van der Waals surface area contributed by atoms with E-state index in [2.05, 4.69) is 20.6 Å². The molecule has 2 aromatic rings. The van der Waals surface area contributed by atoms with E-state index in [4.69, 9.17) is 0 Å². The highest BCUT2D eigenvalue weighted by atomic mass is 19.2. The van der Waals surface area contributed by atoms with E-state index >= 15 is 0 Å². The van der Waals surface area contributed by atoms with Crippen molar-refractivity contribution >= 4 is 23.5 Å². The third kappa shape index (κ3) is 5.39. The molecule has 1 aromatic carbocycles. The summed E-state index contributed by atoms with van der Waals surface area (Å²) in [5.41, 5.74) is -0.225. The Balaban J connectivity index is 1.64. The number of likely N-dealkylation sites (tertiary alicyclic amines) is 1. The first-order chi connectivity index (χ1) is 14.8. The number of benzene rings is 1. The van der Waals surface area contributed by atoms with E-state index in [0.29, 0.717) is 25.9 Å². The second kappa shape index (κ2) is 9.59. The monoisotopic (exact) mass is 431 g/mol. The lowest BCUT2D eigenvalue weighted by atomic mass is 10.0. The zero-order valence-electron chi connectivity index (χ0n) is 17.2. The first kappa shape index (κ1) is 22.3. The van der Waals surface area contributed by atoms with Gasteiger partial charge in [-0.1, -0.05) is 13.8 Å². The molecule has 0 spiro atoms. The van der Waals surface area contributed by atoms with Crippen LogP contribution in [0.15, 0.2) is 30.6 Å². The largest absolute Gasteiger partial charge is 0.348 e. The molecule has 0 unspecified atom stereocenters. The molecule has 164 valence electrons. The van der Waals surface area contributed by atoms with Gasteiger partial charge in [-0.2, -0.15) is 0 Å². The van der Waals surface area contributed by atoms with Crippen LogP contribution in [0.2, 0.25) is 0 Å². The van der Waals surface area contributed by atoms with Crippen molar-refractivity contribution in [3.63, 3.8) is 0 Å². The lowest BCUT2D eigenvalue weighted by Gasteiger charge is -2.33. The second-order valence-corrected chi connectivity index (χ2v) is 7.56. The topological polar surface area (TPSA) is 104 Å². The summed E-state index contributed by atoms with van der Waals surface area (Å²) in [5.74, 6) is -3.60. The van der Waals surface area contributed by atoms with Crippen molar-refractivity contribution in [2.24, 2.45) is 5.92 Å². The number of amides is 3. The average molecular weight is 431 g/mol. The van der Waals surface area contributed by atoms with Crippen molar-refractivity contribution in [3.8, 4) is 0 Å². The van der Waals surface area contributed by atoms with Gasteiger partial charge in [-0.25, -0.2) is 18.7 Å². The second-order valence-electron chi connectivity index (χ2n) is 7.56. The lowest BCUT2D eigenvalue weighted by molar-refractivity contribution is -0.135.